The normalized spacial score (nSPS) is 10.1. The maximum absolute atomic E-state index is 12.8. The molecule has 0 aromatic heterocycles. The van der Waals surface area contributed by atoms with E-state index in [1.807, 2.05) is 6.07 Å². The fraction of sp³-hybridized carbons (Fsp3) is 0.125. The Morgan fingerprint density at radius 3 is 2.16 bits per heavy atom. The van der Waals surface area contributed by atoms with Crippen molar-refractivity contribution >= 4 is 23.3 Å². The van der Waals surface area contributed by atoms with Crippen LogP contribution in [-0.2, 0) is 9.53 Å². The largest absolute Gasteiger partial charge is 0.493 e. The number of hydrogen-bond donors (Lipinski definition) is 1. The highest BCUT2D eigenvalue weighted by molar-refractivity contribution is 6.14. The fourth-order valence-electron chi connectivity index (χ4n) is 2.90. The fourth-order valence-corrected chi connectivity index (χ4v) is 2.90. The Balaban J connectivity index is 1.65. The quantitative estimate of drug-likeness (QED) is 0.442. The maximum atomic E-state index is 12.8. The number of esters is 1. The molecule has 0 aliphatic heterocycles. The molecule has 0 spiro atoms. The summed E-state index contributed by atoms with van der Waals surface area (Å²) >= 11 is 0. The molecule has 1 N–H and O–H groups in total. The summed E-state index contributed by atoms with van der Waals surface area (Å²) in [5.74, 6) is -0.642. The van der Waals surface area contributed by atoms with Crippen LogP contribution in [0.2, 0.25) is 0 Å². The third-order valence-corrected chi connectivity index (χ3v) is 4.44. The average Bonchev–Trinajstić information content (AvgIpc) is 2.82. The molecule has 3 aromatic rings. The van der Waals surface area contributed by atoms with Crippen molar-refractivity contribution in [3.63, 3.8) is 0 Å². The molecule has 7 heteroatoms. The van der Waals surface area contributed by atoms with Gasteiger partial charge < -0.3 is 19.5 Å². The summed E-state index contributed by atoms with van der Waals surface area (Å²) < 4.78 is 15.4. The molecular weight excluding hydrogens is 398 g/mol. The van der Waals surface area contributed by atoms with Crippen LogP contribution < -0.4 is 14.8 Å². The number of hydrogen-bond acceptors (Lipinski definition) is 6. The average molecular weight is 419 g/mol. The van der Waals surface area contributed by atoms with Gasteiger partial charge in [0.2, 0.25) is 0 Å². The Morgan fingerprint density at radius 1 is 0.774 bits per heavy atom. The van der Waals surface area contributed by atoms with Crippen LogP contribution in [0.1, 0.15) is 26.3 Å². The monoisotopic (exact) mass is 419 g/mol. The Bertz CT molecular complexity index is 1090. The number of methoxy groups -OCH3 is 2. The molecule has 158 valence electrons. The molecule has 3 aromatic carbocycles. The molecule has 0 fully saturated rings. The van der Waals surface area contributed by atoms with E-state index in [1.54, 1.807) is 54.6 Å². The lowest BCUT2D eigenvalue weighted by molar-refractivity contribution is -0.119. The Labute approximate surface area is 179 Å². The summed E-state index contributed by atoms with van der Waals surface area (Å²) in [5, 5.41) is 2.63. The van der Waals surface area contributed by atoms with Gasteiger partial charge in [-0.1, -0.05) is 42.5 Å². The van der Waals surface area contributed by atoms with Crippen molar-refractivity contribution < 1.29 is 28.6 Å². The third kappa shape index (κ3) is 5.27. The Hall–Kier alpha value is -4.13. The molecule has 7 nitrogen and oxygen atoms in total. The molecule has 0 unspecified atom stereocenters. The predicted octanol–water partition coefficient (Wildman–Crippen LogP) is 3.73. The van der Waals surface area contributed by atoms with Gasteiger partial charge in [0, 0.05) is 11.1 Å². The lowest BCUT2D eigenvalue weighted by Crippen LogP contribution is -2.22. The van der Waals surface area contributed by atoms with Crippen LogP contribution in [0.25, 0.3) is 0 Å². The van der Waals surface area contributed by atoms with Crippen LogP contribution in [0.15, 0.2) is 72.8 Å². The minimum Gasteiger partial charge on any atom is -0.493 e. The van der Waals surface area contributed by atoms with Gasteiger partial charge in [-0.15, -0.1) is 0 Å². The van der Waals surface area contributed by atoms with Crippen molar-refractivity contribution in [3.8, 4) is 11.5 Å². The predicted molar refractivity (Wildman–Crippen MR) is 115 cm³/mol. The number of para-hydroxylation sites is 1. The highest BCUT2D eigenvalue weighted by atomic mass is 16.5. The first-order valence-electron chi connectivity index (χ1n) is 9.41. The number of benzene rings is 3. The molecule has 0 atom stereocenters. The number of rotatable bonds is 8. The van der Waals surface area contributed by atoms with Crippen LogP contribution in [-0.4, -0.2) is 38.5 Å². The lowest BCUT2D eigenvalue weighted by atomic mass is 10.0. The van der Waals surface area contributed by atoms with E-state index in [-0.39, 0.29) is 11.3 Å². The van der Waals surface area contributed by atoms with Crippen LogP contribution in [0, 0.1) is 0 Å². The summed E-state index contributed by atoms with van der Waals surface area (Å²) in [6.45, 7) is -0.513. The van der Waals surface area contributed by atoms with Crippen LogP contribution in [0.3, 0.4) is 0 Å². The maximum Gasteiger partial charge on any atom is 0.338 e. The first kappa shape index (κ1) is 21.6. The van der Waals surface area contributed by atoms with Crippen LogP contribution in [0.4, 0.5) is 5.69 Å². The van der Waals surface area contributed by atoms with E-state index in [0.717, 1.165) is 0 Å². The zero-order valence-electron chi connectivity index (χ0n) is 17.1. The SMILES string of the molecule is COc1ccc(C(=O)OCC(=O)Nc2ccccc2C(=O)c2ccccc2)cc1OC. The summed E-state index contributed by atoms with van der Waals surface area (Å²) in [6.07, 6.45) is 0. The number of anilines is 1. The van der Waals surface area contributed by atoms with E-state index >= 15 is 0 Å². The zero-order valence-corrected chi connectivity index (χ0v) is 17.1. The zero-order chi connectivity index (χ0) is 22.2. The highest BCUT2D eigenvalue weighted by Crippen LogP contribution is 2.27. The van der Waals surface area contributed by atoms with Crippen molar-refractivity contribution in [1.29, 1.82) is 0 Å². The topological polar surface area (TPSA) is 90.9 Å². The van der Waals surface area contributed by atoms with Crippen molar-refractivity contribution in [2.75, 3.05) is 26.1 Å². The summed E-state index contributed by atoms with van der Waals surface area (Å²) in [7, 11) is 2.94. The number of ketones is 1. The molecule has 3 rings (SSSR count). The number of carbonyl (C=O) groups is 3. The van der Waals surface area contributed by atoms with E-state index in [4.69, 9.17) is 14.2 Å². The summed E-state index contributed by atoms with van der Waals surface area (Å²) in [4.78, 5) is 37.4. The molecule has 31 heavy (non-hydrogen) atoms. The van der Waals surface area contributed by atoms with Gasteiger partial charge in [0.1, 0.15) is 0 Å². The first-order valence-corrected chi connectivity index (χ1v) is 9.41. The molecule has 0 aliphatic carbocycles. The van der Waals surface area contributed by atoms with Gasteiger partial charge in [0.15, 0.2) is 23.9 Å². The van der Waals surface area contributed by atoms with E-state index in [1.165, 1.54) is 26.4 Å². The second-order valence-corrected chi connectivity index (χ2v) is 6.43. The second kappa shape index (κ2) is 10.1. The summed E-state index contributed by atoms with van der Waals surface area (Å²) in [5.41, 5.74) is 1.39. The number of ether oxygens (including phenoxy) is 3. The Kier molecular flexibility index (Phi) is 7.01. The number of carbonyl (C=O) groups excluding carboxylic acids is 3. The van der Waals surface area contributed by atoms with E-state index in [9.17, 15) is 14.4 Å². The molecule has 0 bridgehead atoms. The summed E-state index contributed by atoms with van der Waals surface area (Å²) in [6, 6.07) is 19.9. The van der Waals surface area contributed by atoms with E-state index in [2.05, 4.69) is 5.32 Å². The van der Waals surface area contributed by atoms with Gasteiger partial charge in [0.05, 0.1) is 25.5 Å². The molecule has 0 radical (unpaired) electrons. The number of amides is 1. The number of nitrogens with one attached hydrogen (secondary N) is 1. The van der Waals surface area contributed by atoms with Crippen LogP contribution >= 0.6 is 0 Å². The highest BCUT2D eigenvalue weighted by Gasteiger charge is 2.17. The molecule has 1 amide bonds. The smallest absolute Gasteiger partial charge is 0.338 e. The molecular formula is C24H21NO6. The van der Waals surface area contributed by atoms with Gasteiger partial charge >= 0.3 is 5.97 Å². The lowest BCUT2D eigenvalue weighted by Gasteiger charge is -2.11. The molecule has 0 saturated carbocycles. The van der Waals surface area contributed by atoms with Crippen molar-refractivity contribution in [2.24, 2.45) is 0 Å². The van der Waals surface area contributed by atoms with E-state index < -0.39 is 18.5 Å². The van der Waals surface area contributed by atoms with Crippen molar-refractivity contribution in [3.05, 3.63) is 89.5 Å². The van der Waals surface area contributed by atoms with E-state index in [0.29, 0.717) is 28.3 Å². The molecule has 0 aliphatic rings. The Morgan fingerprint density at radius 2 is 1.45 bits per heavy atom. The van der Waals surface area contributed by atoms with Crippen molar-refractivity contribution in [2.45, 2.75) is 0 Å². The van der Waals surface area contributed by atoms with Gasteiger partial charge in [-0.2, -0.15) is 0 Å². The van der Waals surface area contributed by atoms with Crippen molar-refractivity contribution in [1.82, 2.24) is 0 Å². The standard InChI is InChI=1S/C24H21NO6/c1-29-20-13-12-17(14-21(20)30-2)24(28)31-15-22(26)25-19-11-7-6-10-18(19)23(27)16-8-4-3-5-9-16/h3-14H,15H2,1-2H3,(H,25,26). The molecule has 0 saturated heterocycles. The second-order valence-electron chi connectivity index (χ2n) is 6.43. The minimum atomic E-state index is -0.690. The molecule has 0 heterocycles. The minimum absolute atomic E-state index is 0.213. The van der Waals surface area contributed by atoms with Gasteiger partial charge in [0.25, 0.3) is 5.91 Å². The third-order valence-electron chi connectivity index (χ3n) is 4.44. The first-order chi connectivity index (χ1) is 15.0. The van der Waals surface area contributed by atoms with Gasteiger partial charge in [-0.05, 0) is 30.3 Å². The van der Waals surface area contributed by atoms with Gasteiger partial charge in [-0.3, -0.25) is 9.59 Å². The van der Waals surface area contributed by atoms with Gasteiger partial charge in [-0.25, -0.2) is 4.79 Å². The van der Waals surface area contributed by atoms with Crippen LogP contribution in [0.5, 0.6) is 11.5 Å².